The van der Waals surface area contributed by atoms with Crippen molar-refractivity contribution in [3.05, 3.63) is 47.2 Å². The van der Waals surface area contributed by atoms with Crippen LogP contribution in [0.2, 0.25) is 5.02 Å². The smallest absolute Gasteiger partial charge is 0.322 e. The van der Waals surface area contributed by atoms with E-state index in [9.17, 15) is 9.59 Å². The lowest BCUT2D eigenvalue weighted by Gasteiger charge is -2.15. The number of halogens is 1. The number of nitrogens with one attached hydrogen (secondary N) is 2. The summed E-state index contributed by atoms with van der Waals surface area (Å²) in [6, 6.07) is 8.53. The summed E-state index contributed by atoms with van der Waals surface area (Å²) in [7, 11) is 1.55. The predicted molar refractivity (Wildman–Crippen MR) is 124 cm³/mol. The Bertz CT molecular complexity index is 1160. The van der Waals surface area contributed by atoms with E-state index in [1.54, 1.807) is 37.4 Å². The number of hydrogen-bond acceptors (Lipinski definition) is 8. The minimum Gasteiger partial charge on any atom is -0.493 e. The summed E-state index contributed by atoms with van der Waals surface area (Å²) in [6.45, 7) is 0.475. The zero-order valence-electron chi connectivity index (χ0n) is 17.9. The molecule has 0 bridgehead atoms. The van der Waals surface area contributed by atoms with Crippen molar-refractivity contribution in [2.24, 2.45) is 5.73 Å². The third-order valence-corrected chi connectivity index (χ3v) is 4.87. The molecule has 174 valence electrons. The average molecular weight is 474 g/mol. The molecule has 5 N–H and O–H groups in total. The molecular formula is C22H24ClN5O5. The summed E-state index contributed by atoms with van der Waals surface area (Å²) < 4.78 is 11.2. The van der Waals surface area contributed by atoms with Crippen LogP contribution in [0, 0.1) is 0 Å². The number of nitrogens with zero attached hydrogens (tertiary/aromatic N) is 2. The van der Waals surface area contributed by atoms with Crippen molar-refractivity contribution in [2.45, 2.75) is 12.8 Å². The number of carbonyl (C=O) groups excluding carboxylic acids is 1. The average Bonchev–Trinajstić information content (AvgIpc) is 2.79. The molecular weight excluding hydrogens is 450 g/mol. The maximum Gasteiger partial charge on any atom is 0.322 e. The normalized spacial score (nSPS) is 10.6. The van der Waals surface area contributed by atoms with Crippen LogP contribution in [0.1, 0.15) is 12.0 Å². The highest BCUT2D eigenvalue weighted by Crippen LogP contribution is 2.35. The Hall–Kier alpha value is -3.63. The lowest BCUT2D eigenvalue weighted by atomic mass is 10.1. The van der Waals surface area contributed by atoms with Crippen molar-refractivity contribution in [1.29, 1.82) is 0 Å². The first-order chi connectivity index (χ1) is 15.9. The summed E-state index contributed by atoms with van der Waals surface area (Å²) in [4.78, 5) is 31.5. The van der Waals surface area contributed by atoms with E-state index in [0.29, 0.717) is 64.1 Å². The Labute approximate surface area is 195 Å². The van der Waals surface area contributed by atoms with Gasteiger partial charge in [-0.05, 0) is 36.7 Å². The molecule has 0 unspecified atom stereocenters. The number of nitrogens with two attached hydrogens (primary N) is 1. The number of aromatic nitrogens is 2. The third-order valence-electron chi connectivity index (χ3n) is 4.64. The van der Waals surface area contributed by atoms with Gasteiger partial charge in [-0.3, -0.25) is 9.59 Å². The standard InChI is InChI=1S/C22H24ClN5O5/c1-32-18-10-17-15(9-19(18)33-6-2-5-24)22(27-12-26-17)28-16-8-14(23)4-3-13(16)7-20(29)25-11-21(30)31/h3-4,8-10,12H,2,5-7,11,24H2,1H3,(H,25,29)(H,30,31)(H,26,27,28). The van der Waals surface area contributed by atoms with Crippen LogP contribution in [-0.4, -0.2) is 53.8 Å². The van der Waals surface area contributed by atoms with Crippen LogP contribution in [-0.2, 0) is 16.0 Å². The van der Waals surface area contributed by atoms with Crippen LogP contribution in [0.5, 0.6) is 11.5 Å². The molecule has 1 aromatic heterocycles. The second kappa shape index (κ2) is 11.3. The van der Waals surface area contributed by atoms with Crippen molar-refractivity contribution in [3.63, 3.8) is 0 Å². The molecule has 0 saturated heterocycles. The molecule has 2 aromatic carbocycles. The highest BCUT2D eigenvalue weighted by atomic mass is 35.5. The lowest BCUT2D eigenvalue weighted by Crippen LogP contribution is -2.30. The van der Waals surface area contributed by atoms with Gasteiger partial charge in [-0.15, -0.1) is 0 Å². The van der Waals surface area contributed by atoms with E-state index in [0.717, 1.165) is 0 Å². The zero-order valence-corrected chi connectivity index (χ0v) is 18.7. The van der Waals surface area contributed by atoms with E-state index in [2.05, 4.69) is 20.6 Å². The van der Waals surface area contributed by atoms with Gasteiger partial charge in [0.05, 0.1) is 25.7 Å². The van der Waals surface area contributed by atoms with Gasteiger partial charge in [-0.1, -0.05) is 17.7 Å². The SMILES string of the molecule is COc1cc2ncnc(Nc3cc(Cl)ccc3CC(=O)NCC(=O)O)c2cc1OCCCN. The number of ether oxygens (including phenoxy) is 2. The number of aliphatic carboxylic acids is 1. The molecule has 0 aliphatic carbocycles. The Morgan fingerprint density at radius 2 is 2.00 bits per heavy atom. The van der Waals surface area contributed by atoms with Crippen LogP contribution in [0.15, 0.2) is 36.7 Å². The molecule has 3 rings (SSSR count). The van der Waals surface area contributed by atoms with Crippen molar-refractivity contribution >= 4 is 45.9 Å². The molecule has 10 nitrogen and oxygen atoms in total. The van der Waals surface area contributed by atoms with Crippen molar-refractivity contribution in [3.8, 4) is 11.5 Å². The van der Waals surface area contributed by atoms with E-state index >= 15 is 0 Å². The second-order valence-corrected chi connectivity index (χ2v) is 7.44. The fourth-order valence-electron chi connectivity index (χ4n) is 3.06. The number of hydrogen-bond donors (Lipinski definition) is 4. The first-order valence-corrected chi connectivity index (χ1v) is 10.5. The minimum absolute atomic E-state index is 0.0446. The molecule has 0 aliphatic heterocycles. The highest BCUT2D eigenvalue weighted by molar-refractivity contribution is 6.31. The van der Waals surface area contributed by atoms with Crippen molar-refractivity contribution in [2.75, 3.05) is 32.1 Å². The molecule has 0 spiro atoms. The van der Waals surface area contributed by atoms with Crippen LogP contribution in [0.25, 0.3) is 10.9 Å². The van der Waals surface area contributed by atoms with Crippen LogP contribution in [0.4, 0.5) is 11.5 Å². The van der Waals surface area contributed by atoms with Gasteiger partial charge in [0, 0.05) is 22.2 Å². The van der Waals surface area contributed by atoms with Gasteiger partial charge in [0.15, 0.2) is 11.5 Å². The molecule has 0 atom stereocenters. The predicted octanol–water partition coefficient (Wildman–Crippen LogP) is 2.51. The number of fused-ring (bicyclic) bond motifs is 1. The number of methoxy groups -OCH3 is 1. The molecule has 1 amide bonds. The van der Waals surface area contributed by atoms with Gasteiger partial charge in [0.1, 0.15) is 18.7 Å². The number of benzene rings is 2. The fourth-order valence-corrected chi connectivity index (χ4v) is 3.23. The van der Waals surface area contributed by atoms with E-state index < -0.39 is 18.4 Å². The quantitative estimate of drug-likeness (QED) is 0.308. The molecule has 0 fully saturated rings. The number of anilines is 2. The molecule has 0 saturated carbocycles. The Morgan fingerprint density at radius 1 is 1.18 bits per heavy atom. The highest BCUT2D eigenvalue weighted by Gasteiger charge is 2.15. The number of carboxylic acids is 1. The van der Waals surface area contributed by atoms with Gasteiger partial charge >= 0.3 is 5.97 Å². The molecule has 3 aromatic rings. The molecule has 0 aliphatic rings. The number of carboxylic acid groups (broad SMARTS) is 1. The van der Waals surface area contributed by atoms with Crippen LogP contribution >= 0.6 is 11.6 Å². The van der Waals surface area contributed by atoms with Crippen molar-refractivity contribution < 1.29 is 24.2 Å². The van der Waals surface area contributed by atoms with Crippen LogP contribution in [0.3, 0.4) is 0 Å². The molecule has 1 heterocycles. The van der Waals surface area contributed by atoms with Gasteiger partial charge < -0.3 is 30.9 Å². The monoisotopic (exact) mass is 473 g/mol. The minimum atomic E-state index is -1.12. The van der Waals surface area contributed by atoms with E-state index in [1.165, 1.54) is 6.33 Å². The first kappa shape index (κ1) is 24.0. The van der Waals surface area contributed by atoms with E-state index in [4.69, 9.17) is 31.9 Å². The zero-order chi connectivity index (χ0) is 23.8. The largest absolute Gasteiger partial charge is 0.493 e. The molecule has 11 heteroatoms. The molecule has 33 heavy (non-hydrogen) atoms. The Kier molecular flexibility index (Phi) is 8.22. The van der Waals surface area contributed by atoms with Gasteiger partial charge in [-0.2, -0.15) is 0 Å². The van der Waals surface area contributed by atoms with Gasteiger partial charge in [0.25, 0.3) is 0 Å². The van der Waals surface area contributed by atoms with Gasteiger partial charge in [-0.25, -0.2) is 9.97 Å². The van der Waals surface area contributed by atoms with E-state index in [1.807, 2.05) is 0 Å². The summed E-state index contributed by atoms with van der Waals surface area (Å²) >= 11 is 6.18. The summed E-state index contributed by atoms with van der Waals surface area (Å²) in [5.74, 6) is -0.0278. The Morgan fingerprint density at radius 3 is 2.73 bits per heavy atom. The number of amides is 1. The number of carbonyl (C=O) groups is 2. The van der Waals surface area contributed by atoms with E-state index in [-0.39, 0.29) is 6.42 Å². The van der Waals surface area contributed by atoms with Crippen LogP contribution < -0.4 is 25.8 Å². The first-order valence-electron chi connectivity index (χ1n) is 10.1. The summed E-state index contributed by atoms with van der Waals surface area (Å²) in [6.07, 6.45) is 2.05. The third kappa shape index (κ3) is 6.43. The van der Waals surface area contributed by atoms with Gasteiger partial charge in [0.2, 0.25) is 5.91 Å². The maximum atomic E-state index is 12.2. The maximum absolute atomic E-state index is 12.2. The fraction of sp³-hybridized carbons (Fsp3) is 0.273. The van der Waals surface area contributed by atoms with Crippen molar-refractivity contribution in [1.82, 2.24) is 15.3 Å². The summed E-state index contributed by atoms with van der Waals surface area (Å²) in [5.41, 5.74) is 7.34. The number of rotatable bonds is 11. The molecule has 0 radical (unpaired) electrons. The lowest BCUT2D eigenvalue weighted by molar-refractivity contribution is -0.137. The topological polar surface area (TPSA) is 149 Å². The summed E-state index contributed by atoms with van der Waals surface area (Å²) in [5, 5.41) is 15.4. The Balaban J connectivity index is 1.94. The second-order valence-electron chi connectivity index (χ2n) is 7.01.